The van der Waals surface area contributed by atoms with Crippen molar-refractivity contribution in [1.29, 1.82) is 0 Å². The van der Waals surface area contributed by atoms with Crippen LogP contribution < -0.4 is 10.5 Å². The number of hydrogen-bond acceptors (Lipinski definition) is 8. The molecule has 1 saturated heterocycles. The smallest absolute Gasteiger partial charge is 0.280 e. The summed E-state index contributed by atoms with van der Waals surface area (Å²) in [5, 5.41) is 10.9. The van der Waals surface area contributed by atoms with E-state index in [1.54, 1.807) is 0 Å². The molecule has 9 nitrogen and oxygen atoms in total. The number of anilines is 1. The molecule has 1 aliphatic heterocycles. The second-order valence-electron chi connectivity index (χ2n) is 5.52. The van der Waals surface area contributed by atoms with Gasteiger partial charge in [-0.05, 0) is 12.1 Å². The molecule has 1 atom stereocenters. The maximum absolute atomic E-state index is 13.1. The van der Waals surface area contributed by atoms with E-state index in [0.717, 1.165) is 6.20 Å². The molecule has 1 aromatic heterocycles. The first-order valence-electron chi connectivity index (χ1n) is 7.70. The fourth-order valence-electron chi connectivity index (χ4n) is 2.22. The molecule has 1 fully saturated rings. The van der Waals surface area contributed by atoms with Crippen molar-refractivity contribution in [1.82, 2.24) is 4.98 Å². The molecule has 12 heteroatoms. The number of carbonyl (C=O) groups is 1. The zero-order valence-electron chi connectivity index (χ0n) is 13.8. The van der Waals surface area contributed by atoms with Crippen molar-refractivity contribution in [2.45, 2.75) is 17.4 Å². The van der Waals surface area contributed by atoms with Crippen LogP contribution in [-0.4, -0.2) is 44.3 Å². The molecule has 144 valence electrons. The minimum Gasteiger partial charge on any atom is -0.389 e. The van der Waals surface area contributed by atoms with Crippen LogP contribution in [0.4, 0.5) is 9.52 Å². The van der Waals surface area contributed by atoms with Crippen molar-refractivity contribution in [3.05, 3.63) is 41.2 Å². The number of rotatable bonds is 6. The zero-order valence-corrected chi connectivity index (χ0v) is 15.4. The fourth-order valence-corrected chi connectivity index (χ4v) is 3.27. The van der Waals surface area contributed by atoms with E-state index in [1.165, 1.54) is 24.3 Å². The summed E-state index contributed by atoms with van der Waals surface area (Å²) in [7, 11) is -3.87. The second-order valence-corrected chi connectivity index (χ2v) is 8.07. The Morgan fingerprint density at radius 3 is 2.70 bits per heavy atom. The normalized spacial score (nSPS) is 17.7. The van der Waals surface area contributed by atoms with Crippen molar-refractivity contribution in [2.75, 3.05) is 18.5 Å². The van der Waals surface area contributed by atoms with Crippen LogP contribution in [-0.2, 0) is 24.4 Å². The van der Waals surface area contributed by atoms with Gasteiger partial charge in [0.05, 0.1) is 24.3 Å². The van der Waals surface area contributed by atoms with Gasteiger partial charge in [-0.1, -0.05) is 28.6 Å². The largest absolute Gasteiger partial charge is 0.389 e. The van der Waals surface area contributed by atoms with E-state index in [2.05, 4.69) is 15.5 Å². The van der Waals surface area contributed by atoms with Crippen LogP contribution in [0.15, 0.2) is 40.5 Å². The van der Waals surface area contributed by atoms with Gasteiger partial charge in [-0.25, -0.2) is 18.5 Å². The molecule has 1 amide bonds. The highest BCUT2D eigenvalue weighted by molar-refractivity contribution is 7.89. The van der Waals surface area contributed by atoms with Crippen LogP contribution in [0.1, 0.15) is 12.0 Å². The molecule has 0 unspecified atom stereocenters. The molecule has 3 rings (SSSR count). The number of hydrogen-bond donors (Lipinski definition) is 2. The van der Waals surface area contributed by atoms with Gasteiger partial charge in [-0.15, -0.1) is 0 Å². The third-order valence-corrected chi connectivity index (χ3v) is 5.18. The summed E-state index contributed by atoms with van der Waals surface area (Å²) in [4.78, 5) is 21.5. The maximum atomic E-state index is 13.1. The fraction of sp³-hybridized carbons (Fsp3) is 0.267. The molecule has 1 aromatic carbocycles. The molecule has 0 aliphatic carbocycles. The number of halogens is 1. The highest BCUT2D eigenvalue weighted by Crippen LogP contribution is 2.17. The minimum absolute atomic E-state index is 0.0514. The number of primary sulfonamides is 1. The molecule has 0 radical (unpaired) electrons. The molecule has 0 saturated carbocycles. The zero-order chi connectivity index (χ0) is 19.4. The summed E-state index contributed by atoms with van der Waals surface area (Å²) in [5.74, 6) is -0.688. The van der Waals surface area contributed by atoms with Gasteiger partial charge in [0.25, 0.3) is 5.91 Å². The number of oxime groups is 1. The van der Waals surface area contributed by atoms with Gasteiger partial charge in [0.2, 0.25) is 10.0 Å². The number of thiazole rings is 1. The standard InChI is InChI=1S/C15H15FN4O5S2/c16-12-7-18-15(26-12)19-14(21)13(20-25-10-5-6-24-8-10)9-1-3-11(4-2-9)27(17,22)23/h1-4,7,10H,5-6,8H2,(H2,17,22,23)(H,18,19,21)/b20-13+/t10-/m1/s1. The molecule has 0 spiro atoms. The van der Waals surface area contributed by atoms with E-state index < -0.39 is 21.1 Å². The predicted molar refractivity (Wildman–Crippen MR) is 95.4 cm³/mol. The van der Waals surface area contributed by atoms with Crippen LogP contribution in [0, 0.1) is 5.13 Å². The highest BCUT2D eigenvalue weighted by Gasteiger charge is 2.21. The first-order valence-corrected chi connectivity index (χ1v) is 10.1. The Morgan fingerprint density at radius 2 is 2.15 bits per heavy atom. The minimum atomic E-state index is -3.87. The van der Waals surface area contributed by atoms with Crippen molar-refractivity contribution in [3.63, 3.8) is 0 Å². The number of carbonyl (C=O) groups excluding carboxylic acids is 1. The molecule has 2 heterocycles. The van der Waals surface area contributed by atoms with E-state index in [9.17, 15) is 17.6 Å². The molecule has 27 heavy (non-hydrogen) atoms. The first kappa shape index (κ1) is 19.4. The Hall–Kier alpha value is -2.41. The molecular formula is C15H15FN4O5S2. The van der Waals surface area contributed by atoms with Gasteiger partial charge in [-0.2, -0.15) is 4.39 Å². The SMILES string of the molecule is NS(=O)(=O)c1ccc(/C(=N\O[C@@H]2CCOC2)C(=O)Nc2ncc(F)s2)cc1. The van der Waals surface area contributed by atoms with Crippen molar-refractivity contribution < 1.29 is 27.2 Å². The summed E-state index contributed by atoms with van der Waals surface area (Å²) < 4.78 is 41.0. The van der Waals surface area contributed by atoms with Crippen LogP contribution in [0.2, 0.25) is 0 Å². The number of ether oxygens (including phenoxy) is 1. The van der Waals surface area contributed by atoms with Crippen molar-refractivity contribution >= 4 is 38.1 Å². The first-order chi connectivity index (χ1) is 12.8. The number of amides is 1. The number of nitrogens with zero attached hydrogens (tertiary/aromatic N) is 2. The Balaban J connectivity index is 1.86. The van der Waals surface area contributed by atoms with E-state index in [4.69, 9.17) is 14.7 Å². The summed E-state index contributed by atoms with van der Waals surface area (Å²) in [6.45, 7) is 0.879. The van der Waals surface area contributed by atoms with Crippen molar-refractivity contribution in [2.24, 2.45) is 10.3 Å². The third-order valence-electron chi connectivity index (χ3n) is 3.55. The van der Waals surface area contributed by atoms with Crippen LogP contribution in [0.5, 0.6) is 0 Å². The molecular weight excluding hydrogens is 399 g/mol. The Morgan fingerprint density at radius 1 is 1.41 bits per heavy atom. The van der Waals surface area contributed by atoms with Gasteiger partial charge in [-0.3, -0.25) is 10.1 Å². The van der Waals surface area contributed by atoms with Crippen LogP contribution in [0.3, 0.4) is 0 Å². The van der Waals surface area contributed by atoms with Gasteiger partial charge in [0, 0.05) is 12.0 Å². The van der Waals surface area contributed by atoms with E-state index >= 15 is 0 Å². The van der Waals surface area contributed by atoms with Crippen LogP contribution in [0.25, 0.3) is 0 Å². The monoisotopic (exact) mass is 414 g/mol. The number of nitrogens with two attached hydrogens (primary N) is 1. The summed E-state index contributed by atoms with van der Waals surface area (Å²) in [6, 6.07) is 5.23. The van der Waals surface area contributed by atoms with Gasteiger partial charge < -0.3 is 9.57 Å². The second kappa shape index (κ2) is 8.08. The molecule has 2 aromatic rings. The highest BCUT2D eigenvalue weighted by atomic mass is 32.2. The lowest BCUT2D eigenvalue weighted by Crippen LogP contribution is -2.25. The Bertz CT molecular complexity index is 953. The lowest BCUT2D eigenvalue weighted by atomic mass is 10.1. The number of benzene rings is 1. The number of sulfonamides is 1. The van der Waals surface area contributed by atoms with Crippen molar-refractivity contribution in [3.8, 4) is 0 Å². The average Bonchev–Trinajstić information content (AvgIpc) is 3.26. The van der Waals surface area contributed by atoms with Gasteiger partial charge >= 0.3 is 0 Å². The average molecular weight is 414 g/mol. The topological polar surface area (TPSA) is 133 Å². The predicted octanol–water partition coefficient (Wildman–Crippen LogP) is 1.08. The summed E-state index contributed by atoms with van der Waals surface area (Å²) in [5.41, 5.74) is 0.161. The molecule has 1 aliphatic rings. The Labute approximate surface area is 158 Å². The van der Waals surface area contributed by atoms with Crippen LogP contribution >= 0.6 is 11.3 Å². The number of nitrogens with one attached hydrogen (secondary N) is 1. The summed E-state index contributed by atoms with van der Waals surface area (Å²) in [6.07, 6.45) is 1.30. The lowest BCUT2D eigenvalue weighted by Gasteiger charge is -2.10. The molecule has 3 N–H and O–H groups in total. The van der Waals surface area contributed by atoms with Gasteiger partial charge in [0.1, 0.15) is 0 Å². The summed E-state index contributed by atoms with van der Waals surface area (Å²) >= 11 is 0.657. The maximum Gasteiger partial charge on any atom is 0.280 e. The van der Waals surface area contributed by atoms with Gasteiger partial charge in [0.15, 0.2) is 22.1 Å². The van der Waals surface area contributed by atoms with E-state index in [0.29, 0.717) is 31.0 Å². The third kappa shape index (κ3) is 5.07. The molecule has 0 bridgehead atoms. The van der Waals surface area contributed by atoms with E-state index in [-0.39, 0.29) is 27.4 Å². The quantitative estimate of drug-likeness (QED) is 0.537. The van der Waals surface area contributed by atoms with E-state index in [1.807, 2.05) is 0 Å². The lowest BCUT2D eigenvalue weighted by molar-refractivity contribution is -0.110. The number of aromatic nitrogens is 1. The Kier molecular flexibility index (Phi) is 5.79.